The molecule has 2 heterocycles. The molecular weight excluding hydrogens is 262 g/mol. The van der Waals surface area contributed by atoms with Crippen LogP contribution in [0.4, 0.5) is 0 Å². The van der Waals surface area contributed by atoms with Gasteiger partial charge < -0.3 is 4.90 Å². The number of rotatable bonds is 3. The van der Waals surface area contributed by atoms with Crippen molar-refractivity contribution in [2.45, 2.75) is 38.8 Å². The van der Waals surface area contributed by atoms with E-state index in [2.05, 4.69) is 43.2 Å². The molecule has 0 aliphatic carbocycles. The third-order valence-electron chi connectivity index (χ3n) is 4.38. The van der Waals surface area contributed by atoms with Gasteiger partial charge in [-0.05, 0) is 37.5 Å². The SMILES string of the molecule is Cc1ccccc1C1CC(C)N(C(=O)Cn2cccn2)C1. The Balaban J connectivity index is 1.71. The Labute approximate surface area is 125 Å². The molecule has 4 heteroatoms. The van der Waals surface area contributed by atoms with Crippen molar-refractivity contribution >= 4 is 5.91 Å². The van der Waals surface area contributed by atoms with Crippen LogP contribution in [0.25, 0.3) is 0 Å². The fourth-order valence-corrected chi connectivity index (χ4v) is 3.27. The third-order valence-corrected chi connectivity index (χ3v) is 4.38. The predicted octanol–water partition coefficient (Wildman–Crippen LogP) is 2.60. The molecule has 1 aromatic carbocycles. The van der Waals surface area contributed by atoms with Crippen molar-refractivity contribution in [2.24, 2.45) is 0 Å². The van der Waals surface area contributed by atoms with Crippen molar-refractivity contribution in [1.82, 2.24) is 14.7 Å². The Morgan fingerprint density at radius 1 is 1.33 bits per heavy atom. The lowest BCUT2D eigenvalue weighted by Crippen LogP contribution is -2.36. The van der Waals surface area contributed by atoms with E-state index in [1.807, 2.05) is 17.2 Å². The molecule has 1 aliphatic heterocycles. The molecule has 0 spiro atoms. The molecule has 2 unspecified atom stereocenters. The maximum absolute atomic E-state index is 12.4. The van der Waals surface area contributed by atoms with Gasteiger partial charge in [0, 0.05) is 30.9 Å². The van der Waals surface area contributed by atoms with Crippen molar-refractivity contribution in [3.8, 4) is 0 Å². The van der Waals surface area contributed by atoms with Gasteiger partial charge >= 0.3 is 0 Å². The molecule has 2 atom stereocenters. The average molecular weight is 283 g/mol. The largest absolute Gasteiger partial charge is 0.338 e. The number of hydrogen-bond acceptors (Lipinski definition) is 2. The summed E-state index contributed by atoms with van der Waals surface area (Å²) in [5, 5.41) is 4.11. The van der Waals surface area contributed by atoms with Crippen LogP contribution in [-0.4, -0.2) is 33.2 Å². The number of carbonyl (C=O) groups is 1. The van der Waals surface area contributed by atoms with Gasteiger partial charge in [-0.3, -0.25) is 9.48 Å². The van der Waals surface area contributed by atoms with Gasteiger partial charge in [-0.2, -0.15) is 5.10 Å². The first-order valence-corrected chi connectivity index (χ1v) is 7.47. The van der Waals surface area contributed by atoms with E-state index >= 15 is 0 Å². The van der Waals surface area contributed by atoms with Gasteiger partial charge in [0.2, 0.25) is 5.91 Å². The molecule has 3 rings (SSSR count). The number of aromatic nitrogens is 2. The zero-order chi connectivity index (χ0) is 14.8. The smallest absolute Gasteiger partial charge is 0.244 e. The summed E-state index contributed by atoms with van der Waals surface area (Å²) in [6.45, 7) is 5.43. The van der Waals surface area contributed by atoms with Gasteiger partial charge in [-0.1, -0.05) is 24.3 Å². The van der Waals surface area contributed by atoms with Crippen LogP contribution in [0, 0.1) is 6.92 Å². The van der Waals surface area contributed by atoms with Crippen LogP contribution in [0.5, 0.6) is 0 Å². The fourth-order valence-electron chi connectivity index (χ4n) is 3.27. The van der Waals surface area contributed by atoms with Gasteiger partial charge in [0.05, 0.1) is 0 Å². The van der Waals surface area contributed by atoms with Crippen molar-refractivity contribution in [3.63, 3.8) is 0 Å². The second kappa shape index (κ2) is 5.72. The van der Waals surface area contributed by atoms with E-state index in [1.165, 1.54) is 11.1 Å². The summed E-state index contributed by atoms with van der Waals surface area (Å²) in [4.78, 5) is 14.4. The normalized spacial score (nSPS) is 21.7. The van der Waals surface area contributed by atoms with Gasteiger partial charge in [-0.15, -0.1) is 0 Å². The minimum absolute atomic E-state index is 0.155. The molecular formula is C17H21N3O. The minimum Gasteiger partial charge on any atom is -0.338 e. The van der Waals surface area contributed by atoms with Crippen LogP contribution in [0.2, 0.25) is 0 Å². The van der Waals surface area contributed by atoms with Crippen molar-refractivity contribution in [2.75, 3.05) is 6.54 Å². The van der Waals surface area contributed by atoms with Gasteiger partial charge in [0.25, 0.3) is 0 Å². The Kier molecular flexibility index (Phi) is 3.78. The molecule has 1 aliphatic rings. The molecule has 2 aromatic rings. The summed E-state index contributed by atoms with van der Waals surface area (Å²) in [5.74, 6) is 0.602. The first kappa shape index (κ1) is 13.9. The van der Waals surface area contributed by atoms with Crippen molar-refractivity contribution < 1.29 is 4.79 Å². The monoisotopic (exact) mass is 283 g/mol. The minimum atomic E-state index is 0.155. The molecule has 110 valence electrons. The Hall–Kier alpha value is -2.10. The van der Waals surface area contributed by atoms with E-state index in [4.69, 9.17) is 0 Å². The molecule has 0 radical (unpaired) electrons. The molecule has 0 N–H and O–H groups in total. The number of aryl methyl sites for hydroxylation is 1. The lowest BCUT2D eigenvalue weighted by molar-refractivity contribution is -0.132. The van der Waals surface area contributed by atoms with Crippen molar-refractivity contribution in [1.29, 1.82) is 0 Å². The Bertz CT molecular complexity index is 621. The maximum Gasteiger partial charge on any atom is 0.244 e. The lowest BCUT2D eigenvalue weighted by atomic mass is 9.93. The molecule has 4 nitrogen and oxygen atoms in total. The van der Waals surface area contributed by atoms with E-state index in [0.717, 1.165) is 13.0 Å². The van der Waals surface area contributed by atoms with Crippen molar-refractivity contribution in [3.05, 3.63) is 53.9 Å². The van der Waals surface area contributed by atoms with Crippen LogP contribution in [0.15, 0.2) is 42.7 Å². The Morgan fingerprint density at radius 2 is 2.14 bits per heavy atom. The van der Waals surface area contributed by atoms with Gasteiger partial charge in [-0.25, -0.2) is 0 Å². The number of nitrogens with zero attached hydrogens (tertiary/aromatic N) is 3. The van der Waals surface area contributed by atoms with Crippen LogP contribution < -0.4 is 0 Å². The molecule has 1 amide bonds. The molecule has 1 aromatic heterocycles. The molecule has 1 fully saturated rings. The molecule has 1 saturated heterocycles. The summed E-state index contributed by atoms with van der Waals surface area (Å²) in [5.41, 5.74) is 2.69. The highest BCUT2D eigenvalue weighted by molar-refractivity contribution is 5.76. The van der Waals surface area contributed by atoms with Crippen LogP contribution in [0.3, 0.4) is 0 Å². The second-order valence-electron chi connectivity index (χ2n) is 5.89. The average Bonchev–Trinajstić information content (AvgIpc) is 3.09. The van der Waals surface area contributed by atoms with E-state index in [-0.39, 0.29) is 11.9 Å². The summed E-state index contributed by atoms with van der Waals surface area (Å²) in [6.07, 6.45) is 4.57. The number of likely N-dealkylation sites (tertiary alicyclic amines) is 1. The highest BCUT2D eigenvalue weighted by Gasteiger charge is 2.33. The molecule has 0 saturated carbocycles. The summed E-state index contributed by atoms with van der Waals surface area (Å²) < 4.78 is 1.69. The van der Waals surface area contributed by atoms with Gasteiger partial charge in [0.15, 0.2) is 0 Å². The fraction of sp³-hybridized carbons (Fsp3) is 0.412. The number of carbonyl (C=O) groups excluding carboxylic acids is 1. The molecule has 21 heavy (non-hydrogen) atoms. The summed E-state index contributed by atoms with van der Waals surface area (Å²) in [7, 11) is 0. The first-order chi connectivity index (χ1) is 10.1. The molecule has 0 bridgehead atoms. The highest BCUT2D eigenvalue weighted by atomic mass is 16.2. The zero-order valence-corrected chi connectivity index (χ0v) is 12.6. The van der Waals surface area contributed by atoms with E-state index in [0.29, 0.717) is 12.5 Å². The summed E-state index contributed by atoms with van der Waals surface area (Å²) >= 11 is 0. The van der Waals surface area contributed by atoms with E-state index < -0.39 is 0 Å². The summed E-state index contributed by atoms with van der Waals surface area (Å²) in [6, 6.07) is 10.6. The maximum atomic E-state index is 12.4. The topological polar surface area (TPSA) is 38.1 Å². The van der Waals surface area contributed by atoms with Crippen LogP contribution >= 0.6 is 0 Å². The predicted molar refractivity (Wildman–Crippen MR) is 81.9 cm³/mol. The number of amides is 1. The quantitative estimate of drug-likeness (QED) is 0.868. The first-order valence-electron chi connectivity index (χ1n) is 7.47. The number of hydrogen-bond donors (Lipinski definition) is 0. The number of benzene rings is 1. The second-order valence-corrected chi connectivity index (χ2v) is 5.89. The highest BCUT2D eigenvalue weighted by Crippen LogP contribution is 2.33. The van der Waals surface area contributed by atoms with Crippen LogP contribution in [0.1, 0.15) is 30.4 Å². The third kappa shape index (κ3) is 2.84. The van der Waals surface area contributed by atoms with E-state index in [9.17, 15) is 4.79 Å². The van der Waals surface area contributed by atoms with Crippen LogP contribution in [-0.2, 0) is 11.3 Å². The van der Waals surface area contributed by atoms with Gasteiger partial charge in [0.1, 0.15) is 6.54 Å². The standard InChI is InChI=1S/C17H21N3O/c1-13-6-3-4-7-16(13)15-10-14(2)20(11-15)17(21)12-19-9-5-8-18-19/h3-9,14-15H,10-12H2,1-2H3. The lowest BCUT2D eigenvalue weighted by Gasteiger charge is -2.21. The zero-order valence-electron chi connectivity index (χ0n) is 12.6. The van der Waals surface area contributed by atoms with E-state index in [1.54, 1.807) is 10.9 Å². The Morgan fingerprint density at radius 3 is 2.86 bits per heavy atom.